The molecule has 2 rings (SSSR count). The summed E-state index contributed by atoms with van der Waals surface area (Å²) in [6.07, 6.45) is 0.923. The van der Waals surface area contributed by atoms with Crippen molar-refractivity contribution in [3.05, 3.63) is 30.0 Å². The predicted molar refractivity (Wildman–Crippen MR) is 71.8 cm³/mol. The number of hydrogen-bond acceptors (Lipinski definition) is 3. The summed E-state index contributed by atoms with van der Waals surface area (Å²) in [5, 5.41) is 10.7. The fraction of sp³-hybridized carbons (Fsp3) is 0.231. The van der Waals surface area contributed by atoms with Crippen LogP contribution in [0.5, 0.6) is 0 Å². The van der Waals surface area contributed by atoms with E-state index in [1.807, 2.05) is 6.92 Å². The minimum absolute atomic E-state index is 0.0758. The Morgan fingerprint density at radius 1 is 1.37 bits per heavy atom. The first-order valence-corrected chi connectivity index (χ1v) is 5.98. The molecule has 1 heterocycles. The molecule has 0 bridgehead atoms. The highest BCUT2D eigenvalue weighted by atomic mass is 16.4. The molecule has 1 aromatic carbocycles. The Balaban J connectivity index is 2.59. The number of nitrogens with two attached hydrogens (primary N) is 1. The number of aromatic carboxylic acids is 1. The maximum Gasteiger partial charge on any atom is 0.354 e. The summed E-state index contributed by atoms with van der Waals surface area (Å²) in [6.45, 7) is 1.86. The number of aromatic amines is 1. The molecule has 1 amide bonds. The molecule has 6 heteroatoms. The van der Waals surface area contributed by atoms with Crippen LogP contribution < -0.4 is 10.9 Å². The van der Waals surface area contributed by atoms with Gasteiger partial charge in [0.15, 0.2) is 5.69 Å². The second kappa shape index (κ2) is 5.11. The summed E-state index contributed by atoms with van der Waals surface area (Å²) in [7, 11) is 0. The lowest BCUT2D eigenvalue weighted by Crippen LogP contribution is -2.38. The summed E-state index contributed by atoms with van der Waals surface area (Å²) in [4.78, 5) is 25.9. The van der Waals surface area contributed by atoms with Gasteiger partial charge in [0.2, 0.25) is 5.91 Å². The van der Waals surface area contributed by atoms with E-state index in [1.54, 1.807) is 24.3 Å². The number of H-pyrrole nitrogens is 1. The van der Waals surface area contributed by atoms with E-state index in [0.717, 1.165) is 5.01 Å². The molecule has 0 unspecified atom stereocenters. The van der Waals surface area contributed by atoms with Gasteiger partial charge in [-0.25, -0.2) is 15.6 Å². The number of anilines is 1. The molecular formula is C13H15N3O3. The van der Waals surface area contributed by atoms with Crippen molar-refractivity contribution in [2.24, 2.45) is 5.84 Å². The van der Waals surface area contributed by atoms with E-state index in [4.69, 9.17) is 5.84 Å². The quantitative estimate of drug-likeness (QED) is 0.444. The number of para-hydroxylation sites is 1. The van der Waals surface area contributed by atoms with Crippen LogP contribution in [0.1, 0.15) is 30.3 Å². The van der Waals surface area contributed by atoms with Crippen molar-refractivity contribution in [1.29, 1.82) is 0 Å². The molecule has 6 nitrogen and oxygen atoms in total. The standard InChI is InChI=1S/C13H15N3O3/c1-2-5-10(17)16(14)12-8-6-3-4-7-9(8)15-11(12)13(18)19/h3-4,6-7,15H,2,5,14H2,1H3,(H,18,19). The fourth-order valence-corrected chi connectivity index (χ4v) is 1.99. The Labute approximate surface area is 109 Å². The first-order chi connectivity index (χ1) is 9.06. The average Bonchev–Trinajstić information content (AvgIpc) is 2.77. The Bertz CT molecular complexity index is 633. The molecule has 2 aromatic rings. The van der Waals surface area contributed by atoms with Crippen molar-refractivity contribution >= 4 is 28.5 Å². The second-order valence-electron chi connectivity index (χ2n) is 4.21. The van der Waals surface area contributed by atoms with E-state index in [1.165, 1.54) is 0 Å². The third-order valence-corrected chi connectivity index (χ3v) is 2.87. The average molecular weight is 261 g/mol. The largest absolute Gasteiger partial charge is 0.477 e. The van der Waals surface area contributed by atoms with Gasteiger partial charge < -0.3 is 10.1 Å². The molecule has 4 N–H and O–H groups in total. The minimum atomic E-state index is -1.15. The van der Waals surface area contributed by atoms with Crippen molar-refractivity contribution in [1.82, 2.24) is 4.98 Å². The zero-order valence-corrected chi connectivity index (χ0v) is 10.5. The van der Waals surface area contributed by atoms with Crippen LogP contribution in [0.25, 0.3) is 10.9 Å². The SMILES string of the molecule is CCCC(=O)N(N)c1c(C(=O)O)[nH]c2ccccc12. The number of carbonyl (C=O) groups excluding carboxylic acids is 1. The second-order valence-corrected chi connectivity index (χ2v) is 4.21. The Kier molecular flexibility index (Phi) is 3.52. The molecular weight excluding hydrogens is 246 g/mol. The Hall–Kier alpha value is -2.34. The van der Waals surface area contributed by atoms with E-state index in [2.05, 4.69) is 4.98 Å². The Morgan fingerprint density at radius 2 is 2.05 bits per heavy atom. The van der Waals surface area contributed by atoms with Crippen LogP contribution >= 0.6 is 0 Å². The van der Waals surface area contributed by atoms with Gasteiger partial charge in [-0.15, -0.1) is 0 Å². The highest BCUT2D eigenvalue weighted by molar-refractivity contribution is 6.11. The zero-order chi connectivity index (χ0) is 14.0. The van der Waals surface area contributed by atoms with Crippen molar-refractivity contribution in [3.63, 3.8) is 0 Å². The molecule has 0 saturated carbocycles. The highest BCUT2D eigenvalue weighted by Gasteiger charge is 2.23. The molecule has 19 heavy (non-hydrogen) atoms. The molecule has 1 aromatic heterocycles. The van der Waals surface area contributed by atoms with Gasteiger partial charge in [-0.3, -0.25) is 4.79 Å². The molecule has 0 saturated heterocycles. The number of carbonyl (C=O) groups is 2. The summed E-state index contributed by atoms with van der Waals surface area (Å²) >= 11 is 0. The van der Waals surface area contributed by atoms with Crippen LogP contribution in [-0.2, 0) is 4.79 Å². The zero-order valence-electron chi connectivity index (χ0n) is 10.5. The summed E-state index contributed by atoms with van der Waals surface area (Å²) in [6, 6.07) is 7.02. The van der Waals surface area contributed by atoms with E-state index >= 15 is 0 Å². The van der Waals surface area contributed by atoms with E-state index in [0.29, 0.717) is 17.3 Å². The maximum atomic E-state index is 11.9. The number of fused-ring (bicyclic) bond motifs is 1. The van der Waals surface area contributed by atoms with Crippen LogP contribution in [-0.4, -0.2) is 22.0 Å². The number of amides is 1. The number of carboxylic acid groups (broad SMARTS) is 1. The number of nitrogens with zero attached hydrogens (tertiary/aromatic N) is 1. The lowest BCUT2D eigenvalue weighted by Gasteiger charge is -2.16. The number of carboxylic acids is 1. The van der Waals surface area contributed by atoms with Crippen LogP contribution in [0.4, 0.5) is 5.69 Å². The number of hydrogen-bond donors (Lipinski definition) is 3. The Morgan fingerprint density at radius 3 is 2.68 bits per heavy atom. The predicted octanol–water partition coefficient (Wildman–Crippen LogP) is 1.87. The first-order valence-electron chi connectivity index (χ1n) is 5.98. The molecule has 0 aliphatic heterocycles. The molecule has 100 valence electrons. The summed E-state index contributed by atoms with van der Waals surface area (Å²) in [5.41, 5.74) is 0.768. The van der Waals surface area contributed by atoms with Gasteiger partial charge in [0.1, 0.15) is 5.69 Å². The number of rotatable bonds is 4. The number of hydrazine groups is 1. The fourth-order valence-electron chi connectivity index (χ4n) is 1.99. The third kappa shape index (κ3) is 2.30. The molecule has 0 radical (unpaired) electrons. The normalized spacial score (nSPS) is 10.6. The minimum Gasteiger partial charge on any atom is -0.477 e. The topological polar surface area (TPSA) is 99.4 Å². The summed E-state index contributed by atoms with van der Waals surface area (Å²) < 4.78 is 0. The van der Waals surface area contributed by atoms with Crippen molar-refractivity contribution < 1.29 is 14.7 Å². The van der Waals surface area contributed by atoms with Gasteiger partial charge in [-0.05, 0) is 12.5 Å². The van der Waals surface area contributed by atoms with Gasteiger partial charge in [0, 0.05) is 17.3 Å². The molecule has 0 fully saturated rings. The van der Waals surface area contributed by atoms with Gasteiger partial charge in [0.25, 0.3) is 0 Å². The molecule has 0 atom stereocenters. The van der Waals surface area contributed by atoms with Crippen molar-refractivity contribution in [3.8, 4) is 0 Å². The van der Waals surface area contributed by atoms with E-state index in [-0.39, 0.29) is 23.7 Å². The number of benzene rings is 1. The lowest BCUT2D eigenvalue weighted by atomic mass is 10.2. The number of aromatic nitrogens is 1. The van der Waals surface area contributed by atoms with Crippen molar-refractivity contribution in [2.45, 2.75) is 19.8 Å². The van der Waals surface area contributed by atoms with Gasteiger partial charge in [-0.2, -0.15) is 0 Å². The third-order valence-electron chi connectivity index (χ3n) is 2.87. The monoisotopic (exact) mass is 261 g/mol. The van der Waals surface area contributed by atoms with Gasteiger partial charge >= 0.3 is 5.97 Å². The van der Waals surface area contributed by atoms with Crippen molar-refractivity contribution in [2.75, 3.05) is 5.01 Å². The maximum absolute atomic E-state index is 11.9. The van der Waals surface area contributed by atoms with E-state index in [9.17, 15) is 14.7 Å². The van der Waals surface area contributed by atoms with Gasteiger partial charge in [-0.1, -0.05) is 25.1 Å². The molecule has 0 aliphatic rings. The highest BCUT2D eigenvalue weighted by Crippen LogP contribution is 2.30. The summed E-state index contributed by atoms with van der Waals surface area (Å²) in [5.74, 6) is 4.32. The van der Waals surface area contributed by atoms with Crippen LogP contribution in [0.15, 0.2) is 24.3 Å². The van der Waals surface area contributed by atoms with Gasteiger partial charge in [0.05, 0.1) is 0 Å². The van der Waals surface area contributed by atoms with E-state index < -0.39 is 5.97 Å². The molecule has 0 aliphatic carbocycles. The van der Waals surface area contributed by atoms with Crippen LogP contribution in [0.3, 0.4) is 0 Å². The lowest BCUT2D eigenvalue weighted by molar-refractivity contribution is -0.118. The smallest absolute Gasteiger partial charge is 0.354 e. The molecule has 0 spiro atoms. The number of nitrogens with one attached hydrogen (secondary N) is 1. The van der Waals surface area contributed by atoms with Crippen LogP contribution in [0, 0.1) is 0 Å². The van der Waals surface area contributed by atoms with Crippen LogP contribution in [0.2, 0.25) is 0 Å². The first kappa shape index (κ1) is 13.1.